The summed E-state index contributed by atoms with van der Waals surface area (Å²) in [5.74, 6) is -3.41. The second kappa shape index (κ2) is 4.20. The lowest BCUT2D eigenvalue weighted by atomic mass is 9.83. The molecule has 0 aromatic heterocycles. The average Bonchev–Trinajstić information content (AvgIpc) is 3.15. The molecule has 1 heterocycles. The summed E-state index contributed by atoms with van der Waals surface area (Å²) in [6.07, 6.45) is 1.80. The van der Waals surface area contributed by atoms with Gasteiger partial charge in [-0.2, -0.15) is 0 Å². The Labute approximate surface area is 113 Å². The van der Waals surface area contributed by atoms with Crippen molar-refractivity contribution in [3.63, 3.8) is 0 Å². The van der Waals surface area contributed by atoms with E-state index in [0.29, 0.717) is 5.69 Å². The maximum absolute atomic E-state index is 13.4. The van der Waals surface area contributed by atoms with Gasteiger partial charge in [0.25, 0.3) is 0 Å². The van der Waals surface area contributed by atoms with E-state index in [0.717, 1.165) is 18.9 Å². The Morgan fingerprint density at radius 2 is 2.11 bits per heavy atom. The third-order valence-electron chi connectivity index (χ3n) is 3.69. The number of hydrogen-bond donors (Lipinski definition) is 2. The largest absolute Gasteiger partial charge is 0.481 e. The van der Waals surface area contributed by atoms with Crippen molar-refractivity contribution in [3.05, 3.63) is 28.5 Å². The fourth-order valence-electron chi connectivity index (χ4n) is 2.57. The van der Waals surface area contributed by atoms with Crippen molar-refractivity contribution in [1.29, 1.82) is 0 Å². The van der Waals surface area contributed by atoms with Crippen LogP contribution in [0.5, 0.6) is 0 Å². The highest BCUT2D eigenvalue weighted by Gasteiger charge is 2.47. The summed E-state index contributed by atoms with van der Waals surface area (Å²) >= 11 is 5.69. The zero-order valence-corrected chi connectivity index (χ0v) is 10.6. The lowest BCUT2D eigenvalue weighted by Gasteiger charge is -2.31. The minimum absolute atomic E-state index is 0.0613. The number of fused-ring (bicyclic) bond motifs is 1. The number of ketones is 1. The molecule has 0 spiro atoms. The van der Waals surface area contributed by atoms with E-state index in [-0.39, 0.29) is 16.5 Å². The summed E-state index contributed by atoms with van der Waals surface area (Å²) in [5, 5.41) is 12.2. The van der Waals surface area contributed by atoms with Crippen LogP contribution in [0.1, 0.15) is 23.2 Å². The van der Waals surface area contributed by atoms with Gasteiger partial charge in [-0.25, -0.2) is 4.39 Å². The molecule has 0 amide bonds. The van der Waals surface area contributed by atoms with Gasteiger partial charge in [-0.3, -0.25) is 9.59 Å². The number of nitrogens with one attached hydrogen (secondary N) is 1. The van der Waals surface area contributed by atoms with Crippen LogP contribution in [0.3, 0.4) is 0 Å². The minimum atomic E-state index is -1.17. The Bertz CT molecular complexity index is 585. The fraction of sp³-hybridized carbons (Fsp3) is 0.385. The van der Waals surface area contributed by atoms with Crippen molar-refractivity contribution in [1.82, 2.24) is 0 Å². The molecule has 1 aliphatic heterocycles. The number of carbonyl (C=O) groups excluding carboxylic acids is 1. The van der Waals surface area contributed by atoms with Crippen molar-refractivity contribution in [2.45, 2.75) is 18.9 Å². The van der Waals surface area contributed by atoms with E-state index in [1.165, 1.54) is 6.07 Å². The molecular formula is C13H11ClFNO3. The maximum atomic E-state index is 13.4. The molecule has 0 bridgehead atoms. The molecule has 1 fully saturated rings. The predicted molar refractivity (Wildman–Crippen MR) is 67.0 cm³/mol. The lowest BCUT2D eigenvalue weighted by Crippen LogP contribution is -2.45. The third kappa shape index (κ3) is 1.98. The van der Waals surface area contributed by atoms with Crippen LogP contribution in [-0.4, -0.2) is 22.9 Å². The molecule has 2 unspecified atom stereocenters. The van der Waals surface area contributed by atoms with Gasteiger partial charge in [0.05, 0.1) is 5.02 Å². The summed E-state index contributed by atoms with van der Waals surface area (Å²) in [6.45, 7) is 0. The number of aliphatic carboxylic acids is 1. The summed E-state index contributed by atoms with van der Waals surface area (Å²) in [6, 6.07) is 1.92. The van der Waals surface area contributed by atoms with E-state index < -0.39 is 29.5 Å². The molecule has 1 aliphatic carbocycles. The summed E-state index contributed by atoms with van der Waals surface area (Å²) in [7, 11) is 0. The standard InChI is InChI=1S/C13H11ClFNO3/c14-7-4-9-6(3-8(7)15)12(17)10(13(18)19)11(16-9)5-1-2-5/h3-5,10-11,16H,1-2H2,(H,18,19). The Kier molecular flexibility index (Phi) is 2.74. The first-order valence-electron chi connectivity index (χ1n) is 6.01. The van der Waals surface area contributed by atoms with Gasteiger partial charge in [0, 0.05) is 17.3 Å². The minimum Gasteiger partial charge on any atom is -0.481 e. The second-order valence-corrected chi connectivity index (χ2v) is 5.41. The number of hydrogen-bond acceptors (Lipinski definition) is 3. The van der Waals surface area contributed by atoms with Crippen molar-refractivity contribution in [2.75, 3.05) is 5.32 Å². The molecule has 1 aromatic carbocycles. The van der Waals surface area contributed by atoms with E-state index in [4.69, 9.17) is 11.6 Å². The first-order chi connectivity index (χ1) is 8.99. The SMILES string of the molecule is O=C(O)C1C(=O)c2cc(F)c(Cl)cc2NC1C1CC1. The molecule has 1 saturated carbocycles. The zero-order chi connectivity index (χ0) is 13.7. The van der Waals surface area contributed by atoms with Crippen molar-refractivity contribution in [3.8, 4) is 0 Å². The van der Waals surface area contributed by atoms with Gasteiger partial charge in [0.1, 0.15) is 11.7 Å². The predicted octanol–water partition coefficient (Wildman–Crippen LogP) is 2.57. The van der Waals surface area contributed by atoms with E-state index in [1.54, 1.807) is 0 Å². The van der Waals surface area contributed by atoms with Crippen LogP contribution < -0.4 is 5.32 Å². The molecule has 6 heteroatoms. The molecule has 19 heavy (non-hydrogen) atoms. The normalized spacial score (nSPS) is 25.7. The highest BCUT2D eigenvalue weighted by Crippen LogP contribution is 2.42. The quantitative estimate of drug-likeness (QED) is 0.819. The average molecular weight is 284 g/mol. The first kappa shape index (κ1) is 12.4. The number of rotatable bonds is 2. The number of Topliss-reactive ketones (excluding diaryl/α,β-unsaturated/α-hetero) is 1. The smallest absolute Gasteiger partial charge is 0.316 e. The van der Waals surface area contributed by atoms with Crippen LogP contribution in [0.4, 0.5) is 10.1 Å². The number of carboxylic acids is 1. The molecule has 2 atom stereocenters. The van der Waals surface area contributed by atoms with Gasteiger partial charge >= 0.3 is 5.97 Å². The van der Waals surface area contributed by atoms with Crippen LogP contribution in [-0.2, 0) is 4.79 Å². The van der Waals surface area contributed by atoms with Crippen LogP contribution in [0.25, 0.3) is 0 Å². The molecule has 0 radical (unpaired) electrons. The van der Waals surface area contributed by atoms with E-state index in [2.05, 4.69) is 5.32 Å². The number of carbonyl (C=O) groups is 2. The second-order valence-electron chi connectivity index (χ2n) is 5.00. The van der Waals surface area contributed by atoms with Gasteiger partial charge in [-0.15, -0.1) is 0 Å². The first-order valence-corrected chi connectivity index (χ1v) is 6.39. The van der Waals surface area contributed by atoms with E-state index >= 15 is 0 Å². The van der Waals surface area contributed by atoms with E-state index in [1.807, 2.05) is 0 Å². The van der Waals surface area contributed by atoms with Crippen molar-refractivity contribution >= 4 is 29.0 Å². The van der Waals surface area contributed by atoms with Crippen LogP contribution >= 0.6 is 11.6 Å². The van der Waals surface area contributed by atoms with Gasteiger partial charge in [-0.1, -0.05) is 11.6 Å². The van der Waals surface area contributed by atoms with Crippen LogP contribution in [0.15, 0.2) is 12.1 Å². The van der Waals surface area contributed by atoms with Gasteiger partial charge in [0.15, 0.2) is 5.78 Å². The third-order valence-corrected chi connectivity index (χ3v) is 3.98. The molecule has 100 valence electrons. The number of halogens is 2. The summed E-state index contributed by atoms with van der Waals surface area (Å²) in [4.78, 5) is 23.5. The fourth-order valence-corrected chi connectivity index (χ4v) is 2.74. The Morgan fingerprint density at radius 3 is 2.68 bits per heavy atom. The van der Waals surface area contributed by atoms with Gasteiger partial charge < -0.3 is 10.4 Å². The van der Waals surface area contributed by atoms with Crippen molar-refractivity contribution in [2.24, 2.45) is 11.8 Å². The lowest BCUT2D eigenvalue weighted by molar-refractivity contribution is -0.140. The highest BCUT2D eigenvalue weighted by molar-refractivity contribution is 6.31. The Hall–Kier alpha value is -1.62. The zero-order valence-electron chi connectivity index (χ0n) is 9.82. The molecule has 1 aromatic rings. The molecule has 0 saturated heterocycles. The molecule has 2 N–H and O–H groups in total. The molecule has 3 rings (SSSR count). The topological polar surface area (TPSA) is 66.4 Å². The summed E-state index contributed by atoms with van der Waals surface area (Å²) in [5.41, 5.74) is 0.483. The molecule has 2 aliphatic rings. The van der Waals surface area contributed by atoms with Crippen LogP contribution in [0, 0.1) is 17.7 Å². The van der Waals surface area contributed by atoms with Crippen LogP contribution in [0.2, 0.25) is 5.02 Å². The van der Waals surface area contributed by atoms with Gasteiger partial charge in [0.2, 0.25) is 0 Å². The van der Waals surface area contributed by atoms with Crippen molar-refractivity contribution < 1.29 is 19.1 Å². The van der Waals surface area contributed by atoms with Gasteiger partial charge in [-0.05, 0) is 30.9 Å². The van der Waals surface area contributed by atoms with E-state index in [9.17, 15) is 19.1 Å². The monoisotopic (exact) mass is 283 g/mol. The molecule has 4 nitrogen and oxygen atoms in total. The Balaban J connectivity index is 2.08. The number of carboxylic acid groups (broad SMARTS) is 1. The maximum Gasteiger partial charge on any atom is 0.316 e. The molecular weight excluding hydrogens is 273 g/mol. The Morgan fingerprint density at radius 1 is 1.42 bits per heavy atom. The number of anilines is 1. The number of benzene rings is 1. The summed E-state index contributed by atoms with van der Waals surface area (Å²) < 4.78 is 13.4. The highest BCUT2D eigenvalue weighted by atomic mass is 35.5.